The van der Waals surface area contributed by atoms with Crippen LogP contribution >= 0.6 is 11.8 Å². The first kappa shape index (κ1) is 19.2. The fourth-order valence-electron chi connectivity index (χ4n) is 2.83. The fourth-order valence-corrected chi connectivity index (χ4v) is 3.87. The number of hydrogen-bond donors (Lipinski definition) is 0. The second kappa shape index (κ2) is 9.42. The summed E-state index contributed by atoms with van der Waals surface area (Å²) in [4.78, 5) is 11.5. The second-order valence-corrected chi connectivity index (χ2v) is 7.08. The van der Waals surface area contributed by atoms with Crippen LogP contribution in [-0.4, -0.2) is 48.7 Å². The number of carbonyl (C=O) groups excluding carboxylic acids is 1. The van der Waals surface area contributed by atoms with Gasteiger partial charge < -0.3 is 18.9 Å². The third-order valence-electron chi connectivity index (χ3n) is 3.92. The molecule has 1 saturated heterocycles. The molecule has 5 atom stereocenters. The summed E-state index contributed by atoms with van der Waals surface area (Å²) in [6.45, 7) is 5.81. The highest BCUT2D eigenvalue weighted by Crippen LogP contribution is 2.33. The van der Waals surface area contributed by atoms with Crippen molar-refractivity contribution >= 4 is 17.7 Å². The van der Waals surface area contributed by atoms with Crippen molar-refractivity contribution in [1.82, 2.24) is 0 Å². The van der Waals surface area contributed by atoms with Crippen LogP contribution in [0.25, 0.3) is 0 Å². The summed E-state index contributed by atoms with van der Waals surface area (Å²) in [5, 5.41) is 0. The van der Waals surface area contributed by atoms with Gasteiger partial charge in [0.1, 0.15) is 17.6 Å². The number of rotatable bonds is 7. The molecule has 0 radical (unpaired) electrons. The van der Waals surface area contributed by atoms with Crippen LogP contribution in [0.5, 0.6) is 0 Å². The van der Waals surface area contributed by atoms with Crippen molar-refractivity contribution in [3.8, 4) is 0 Å². The predicted molar refractivity (Wildman–Crippen MR) is 93.8 cm³/mol. The van der Waals surface area contributed by atoms with Gasteiger partial charge in [0, 0.05) is 14.0 Å². The van der Waals surface area contributed by atoms with Gasteiger partial charge in [-0.1, -0.05) is 37.3 Å². The van der Waals surface area contributed by atoms with Gasteiger partial charge in [0.2, 0.25) is 0 Å². The van der Waals surface area contributed by atoms with E-state index in [2.05, 4.69) is 6.92 Å². The maximum absolute atomic E-state index is 11.5. The summed E-state index contributed by atoms with van der Waals surface area (Å²) in [5.41, 5.74) is 0.912. The Balaban J connectivity index is 2.17. The minimum atomic E-state index is -0.495. The molecule has 24 heavy (non-hydrogen) atoms. The van der Waals surface area contributed by atoms with Crippen LogP contribution in [0, 0.1) is 0 Å². The van der Waals surface area contributed by atoms with Crippen LogP contribution in [0.3, 0.4) is 0 Å². The van der Waals surface area contributed by atoms with Crippen LogP contribution in [0.15, 0.2) is 30.3 Å². The molecule has 0 amide bonds. The molecule has 0 bridgehead atoms. The molecule has 0 spiro atoms. The van der Waals surface area contributed by atoms with Gasteiger partial charge in [0.25, 0.3) is 0 Å². The molecule has 0 saturated carbocycles. The van der Waals surface area contributed by atoms with E-state index in [-0.39, 0.29) is 29.7 Å². The molecule has 1 heterocycles. The van der Waals surface area contributed by atoms with Crippen molar-refractivity contribution in [2.24, 2.45) is 0 Å². The molecule has 1 aromatic carbocycles. The average Bonchev–Trinajstić information content (AvgIpc) is 2.56. The van der Waals surface area contributed by atoms with Crippen LogP contribution in [0.4, 0.5) is 0 Å². The summed E-state index contributed by atoms with van der Waals surface area (Å²) in [7, 11) is 1.64. The molecule has 0 unspecified atom stereocenters. The SMILES string of the molecule is CCS[C@H]1O[C@@H](C)[C@@H](OC(C)=O)[C@@H](OCc2ccccc2)[C@@H]1OC. The number of hydrogen-bond acceptors (Lipinski definition) is 6. The largest absolute Gasteiger partial charge is 0.457 e. The summed E-state index contributed by atoms with van der Waals surface area (Å²) in [6, 6.07) is 9.91. The van der Waals surface area contributed by atoms with Crippen molar-refractivity contribution < 1.29 is 23.7 Å². The van der Waals surface area contributed by atoms with Crippen molar-refractivity contribution in [3.63, 3.8) is 0 Å². The topological polar surface area (TPSA) is 54.0 Å². The zero-order chi connectivity index (χ0) is 17.5. The van der Waals surface area contributed by atoms with E-state index in [1.165, 1.54) is 6.92 Å². The molecule has 0 aromatic heterocycles. The summed E-state index contributed by atoms with van der Waals surface area (Å²) in [6.07, 6.45) is -1.44. The quantitative estimate of drug-likeness (QED) is 0.702. The maximum Gasteiger partial charge on any atom is 0.303 e. The standard InChI is InChI=1S/C18H26O5S/c1-5-24-18-17(20-4)16(15(12(2)22-18)23-13(3)19)21-11-14-9-7-6-8-10-14/h6-10,12,15-18H,5,11H2,1-4H3/t12-,15+,16+,17-,18+/m0/s1. The average molecular weight is 354 g/mol. The van der Waals surface area contributed by atoms with Crippen LogP contribution < -0.4 is 0 Å². The highest BCUT2D eigenvalue weighted by Gasteiger charge is 2.47. The van der Waals surface area contributed by atoms with Gasteiger partial charge in [0.05, 0.1) is 12.7 Å². The molecule has 1 aliphatic rings. The first-order chi connectivity index (χ1) is 11.6. The summed E-state index contributed by atoms with van der Waals surface area (Å²) < 4.78 is 23.3. The van der Waals surface area contributed by atoms with Crippen molar-refractivity contribution in [2.75, 3.05) is 12.9 Å². The number of benzene rings is 1. The highest BCUT2D eigenvalue weighted by molar-refractivity contribution is 7.99. The molecular weight excluding hydrogens is 328 g/mol. The van der Waals surface area contributed by atoms with E-state index in [0.717, 1.165) is 11.3 Å². The third kappa shape index (κ3) is 4.96. The van der Waals surface area contributed by atoms with Gasteiger partial charge in [-0.05, 0) is 18.2 Å². The monoisotopic (exact) mass is 354 g/mol. The molecule has 5 nitrogen and oxygen atoms in total. The highest BCUT2D eigenvalue weighted by atomic mass is 32.2. The number of thioether (sulfide) groups is 1. The van der Waals surface area contributed by atoms with Crippen LogP contribution in [0.1, 0.15) is 26.3 Å². The Morgan fingerprint density at radius 3 is 2.50 bits per heavy atom. The molecule has 2 rings (SSSR count). The number of carbonyl (C=O) groups is 1. The van der Waals surface area contributed by atoms with E-state index in [4.69, 9.17) is 18.9 Å². The Hall–Kier alpha value is -1.08. The lowest BCUT2D eigenvalue weighted by Gasteiger charge is -2.44. The Labute approximate surface area is 148 Å². The lowest BCUT2D eigenvalue weighted by atomic mass is 10.00. The number of methoxy groups -OCH3 is 1. The number of ether oxygens (including phenoxy) is 4. The Morgan fingerprint density at radius 1 is 1.21 bits per heavy atom. The molecule has 1 aliphatic heterocycles. The molecule has 1 fully saturated rings. The molecule has 6 heteroatoms. The zero-order valence-corrected chi connectivity index (χ0v) is 15.5. The van der Waals surface area contributed by atoms with Gasteiger partial charge in [-0.2, -0.15) is 0 Å². The molecule has 134 valence electrons. The van der Waals surface area contributed by atoms with Gasteiger partial charge in [-0.25, -0.2) is 0 Å². The van der Waals surface area contributed by atoms with Crippen LogP contribution in [0.2, 0.25) is 0 Å². The van der Waals surface area contributed by atoms with E-state index in [1.807, 2.05) is 37.3 Å². The van der Waals surface area contributed by atoms with Crippen molar-refractivity contribution in [2.45, 2.75) is 57.2 Å². The minimum absolute atomic E-state index is 0.150. The normalized spacial score (nSPS) is 30.1. The van der Waals surface area contributed by atoms with E-state index in [1.54, 1.807) is 18.9 Å². The molecule has 0 aliphatic carbocycles. The summed E-state index contributed by atoms with van der Waals surface area (Å²) in [5.74, 6) is 0.557. The van der Waals surface area contributed by atoms with Gasteiger partial charge in [-0.15, -0.1) is 11.8 Å². The Kier molecular flexibility index (Phi) is 7.55. The smallest absolute Gasteiger partial charge is 0.303 e. The van der Waals surface area contributed by atoms with Gasteiger partial charge in [-0.3, -0.25) is 4.79 Å². The fraction of sp³-hybridized carbons (Fsp3) is 0.611. The van der Waals surface area contributed by atoms with Gasteiger partial charge >= 0.3 is 5.97 Å². The van der Waals surface area contributed by atoms with E-state index in [0.29, 0.717) is 6.61 Å². The lowest BCUT2D eigenvalue weighted by Crippen LogP contribution is -2.58. The summed E-state index contributed by atoms with van der Waals surface area (Å²) >= 11 is 1.67. The first-order valence-electron chi connectivity index (χ1n) is 8.19. The van der Waals surface area contributed by atoms with E-state index >= 15 is 0 Å². The van der Waals surface area contributed by atoms with Crippen molar-refractivity contribution in [3.05, 3.63) is 35.9 Å². The third-order valence-corrected chi connectivity index (χ3v) is 4.96. The van der Waals surface area contributed by atoms with Gasteiger partial charge in [0.15, 0.2) is 6.10 Å². The Morgan fingerprint density at radius 2 is 1.92 bits per heavy atom. The first-order valence-corrected chi connectivity index (χ1v) is 9.24. The van der Waals surface area contributed by atoms with E-state index in [9.17, 15) is 4.79 Å². The van der Waals surface area contributed by atoms with Crippen molar-refractivity contribution in [1.29, 1.82) is 0 Å². The molecule has 1 aromatic rings. The lowest BCUT2D eigenvalue weighted by molar-refractivity contribution is -0.230. The molecular formula is C18H26O5S. The minimum Gasteiger partial charge on any atom is -0.457 e. The maximum atomic E-state index is 11.5. The Bertz CT molecular complexity index is 509. The molecule has 0 N–H and O–H groups in total. The number of esters is 1. The second-order valence-electron chi connectivity index (χ2n) is 5.70. The predicted octanol–water partition coefficient (Wildman–Crippen LogP) is 3.02. The van der Waals surface area contributed by atoms with E-state index < -0.39 is 6.10 Å². The zero-order valence-electron chi connectivity index (χ0n) is 14.6. The van der Waals surface area contributed by atoms with Crippen LogP contribution in [-0.2, 0) is 30.3 Å².